The summed E-state index contributed by atoms with van der Waals surface area (Å²) in [6.07, 6.45) is 1.12. The van der Waals surface area contributed by atoms with Gasteiger partial charge in [0.15, 0.2) is 0 Å². The van der Waals surface area contributed by atoms with Gasteiger partial charge in [0, 0.05) is 31.3 Å². The third kappa shape index (κ3) is 4.45. The quantitative estimate of drug-likeness (QED) is 0.881. The highest BCUT2D eigenvalue weighted by Crippen LogP contribution is 2.23. The third-order valence-corrected chi connectivity index (χ3v) is 4.11. The Labute approximate surface area is 144 Å². The SMILES string of the molecule is CC(C)CCNc1cc(-c2ccccc2)nc(N2CCOCC2)n1. The van der Waals surface area contributed by atoms with E-state index < -0.39 is 0 Å². The van der Waals surface area contributed by atoms with Crippen LogP contribution in [-0.4, -0.2) is 42.8 Å². The molecular weight excluding hydrogens is 300 g/mol. The molecule has 128 valence electrons. The molecule has 0 amide bonds. The van der Waals surface area contributed by atoms with E-state index >= 15 is 0 Å². The first kappa shape index (κ1) is 16.7. The Balaban J connectivity index is 1.86. The summed E-state index contributed by atoms with van der Waals surface area (Å²) >= 11 is 0. The first-order chi connectivity index (χ1) is 11.7. The average Bonchev–Trinajstić information content (AvgIpc) is 2.63. The zero-order valence-electron chi connectivity index (χ0n) is 14.5. The first-order valence-corrected chi connectivity index (χ1v) is 8.73. The van der Waals surface area contributed by atoms with Crippen LogP contribution in [0, 0.1) is 5.92 Å². The normalized spacial score (nSPS) is 14.9. The molecule has 1 aliphatic heterocycles. The largest absolute Gasteiger partial charge is 0.378 e. The lowest BCUT2D eigenvalue weighted by Gasteiger charge is -2.27. The van der Waals surface area contributed by atoms with Crippen molar-refractivity contribution in [3.8, 4) is 11.3 Å². The lowest BCUT2D eigenvalue weighted by atomic mass is 10.1. The number of nitrogens with one attached hydrogen (secondary N) is 1. The van der Waals surface area contributed by atoms with E-state index in [-0.39, 0.29) is 0 Å². The number of morpholine rings is 1. The van der Waals surface area contributed by atoms with Gasteiger partial charge in [0.2, 0.25) is 5.95 Å². The maximum absolute atomic E-state index is 5.44. The van der Waals surface area contributed by atoms with Crippen molar-refractivity contribution in [3.63, 3.8) is 0 Å². The van der Waals surface area contributed by atoms with Crippen LogP contribution in [0.1, 0.15) is 20.3 Å². The molecule has 3 rings (SSSR count). The van der Waals surface area contributed by atoms with Gasteiger partial charge < -0.3 is 15.0 Å². The standard InChI is InChI=1S/C19H26N4O/c1-15(2)8-9-20-18-14-17(16-6-4-3-5-7-16)21-19(22-18)23-10-12-24-13-11-23/h3-7,14-15H,8-13H2,1-2H3,(H,20,21,22). The van der Waals surface area contributed by atoms with Gasteiger partial charge >= 0.3 is 0 Å². The van der Waals surface area contributed by atoms with Crippen LogP contribution in [0.5, 0.6) is 0 Å². The van der Waals surface area contributed by atoms with Crippen LogP contribution in [0.4, 0.5) is 11.8 Å². The Morgan fingerprint density at radius 2 is 1.88 bits per heavy atom. The molecular formula is C19H26N4O. The Bertz CT molecular complexity index is 639. The molecule has 2 aromatic rings. The van der Waals surface area contributed by atoms with Gasteiger partial charge in [-0.2, -0.15) is 4.98 Å². The van der Waals surface area contributed by atoms with E-state index in [1.807, 2.05) is 24.3 Å². The summed E-state index contributed by atoms with van der Waals surface area (Å²) in [7, 11) is 0. The number of anilines is 2. The number of aromatic nitrogens is 2. The molecule has 5 nitrogen and oxygen atoms in total. The molecule has 0 aliphatic carbocycles. The van der Waals surface area contributed by atoms with Gasteiger partial charge in [0.05, 0.1) is 18.9 Å². The lowest BCUT2D eigenvalue weighted by molar-refractivity contribution is 0.122. The highest BCUT2D eigenvalue weighted by atomic mass is 16.5. The minimum Gasteiger partial charge on any atom is -0.378 e. The molecule has 1 aromatic heterocycles. The Hall–Kier alpha value is -2.14. The highest BCUT2D eigenvalue weighted by molar-refractivity contribution is 5.64. The van der Waals surface area contributed by atoms with Gasteiger partial charge in [0.1, 0.15) is 5.82 Å². The predicted octanol–water partition coefficient (Wildman–Crippen LogP) is 3.44. The van der Waals surface area contributed by atoms with Crippen molar-refractivity contribution in [1.82, 2.24) is 9.97 Å². The molecule has 1 aromatic carbocycles. The van der Waals surface area contributed by atoms with Crippen molar-refractivity contribution in [2.24, 2.45) is 5.92 Å². The summed E-state index contributed by atoms with van der Waals surface area (Å²) < 4.78 is 5.44. The average molecular weight is 326 g/mol. The van der Waals surface area contributed by atoms with Crippen molar-refractivity contribution in [2.75, 3.05) is 43.1 Å². The molecule has 1 aliphatic rings. The number of hydrogen-bond acceptors (Lipinski definition) is 5. The number of ether oxygens (including phenoxy) is 1. The van der Waals surface area contributed by atoms with Gasteiger partial charge in [-0.1, -0.05) is 44.2 Å². The van der Waals surface area contributed by atoms with Crippen molar-refractivity contribution < 1.29 is 4.74 Å². The van der Waals surface area contributed by atoms with Gasteiger partial charge in [-0.05, 0) is 12.3 Å². The molecule has 0 bridgehead atoms. The van der Waals surface area contributed by atoms with Gasteiger partial charge in [-0.15, -0.1) is 0 Å². The summed E-state index contributed by atoms with van der Waals surface area (Å²) in [4.78, 5) is 11.7. The number of hydrogen-bond donors (Lipinski definition) is 1. The van der Waals surface area contributed by atoms with Crippen LogP contribution in [0.3, 0.4) is 0 Å². The van der Waals surface area contributed by atoms with Crippen LogP contribution in [0.25, 0.3) is 11.3 Å². The van der Waals surface area contributed by atoms with Gasteiger partial charge in [-0.25, -0.2) is 4.98 Å². The Morgan fingerprint density at radius 3 is 2.58 bits per heavy atom. The fraction of sp³-hybridized carbons (Fsp3) is 0.474. The monoisotopic (exact) mass is 326 g/mol. The fourth-order valence-corrected chi connectivity index (χ4v) is 2.68. The van der Waals surface area contributed by atoms with Crippen LogP contribution >= 0.6 is 0 Å². The van der Waals surface area contributed by atoms with Crippen molar-refractivity contribution in [1.29, 1.82) is 0 Å². The molecule has 0 atom stereocenters. The second-order valence-corrected chi connectivity index (χ2v) is 6.51. The molecule has 0 saturated carbocycles. The van der Waals surface area contributed by atoms with Crippen LogP contribution in [0.2, 0.25) is 0 Å². The second-order valence-electron chi connectivity index (χ2n) is 6.51. The Morgan fingerprint density at radius 1 is 1.12 bits per heavy atom. The smallest absolute Gasteiger partial charge is 0.228 e. The van der Waals surface area contributed by atoms with E-state index in [1.165, 1.54) is 0 Å². The first-order valence-electron chi connectivity index (χ1n) is 8.73. The summed E-state index contributed by atoms with van der Waals surface area (Å²) in [5.74, 6) is 2.35. The second kappa shape index (κ2) is 8.11. The molecule has 1 saturated heterocycles. The predicted molar refractivity (Wildman–Crippen MR) is 98.4 cm³/mol. The maximum atomic E-state index is 5.44. The summed E-state index contributed by atoms with van der Waals surface area (Å²) in [5.41, 5.74) is 2.07. The molecule has 5 heteroatoms. The molecule has 0 unspecified atom stereocenters. The summed E-state index contributed by atoms with van der Waals surface area (Å²) in [6, 6.07) is 12.3. The topological polar surface area (TPSA) is 50.3 Å². The molecule has 24 heavy (non-hydrogen) atoms. The summed E-state index contributed by atoms with van der Waals surface area (Å²) in [5, 5.41) is 3.46. The molecule has 1 fully saturated rings. The molecule has 0 spiro atoms. The molecule has 0 radical (unpaired) electrons. The van der Waals surface area contributed by atoms with E-state index in [2.05, 4.69) is 36.2 Å². The zero-order chi connectivity index (χ0) is 16.8. The minimum absolute atomic E-state index is 0.673. The van der Waals surface area contributed by atoms with Gasteiger partial charge in [-0.3, -0.25) is 0 Å². The number of benzene rings is 1. The van der Waals surface area contributed by atoms with Crippen molar-refractivity contribution in [3.05, 3.63) is 36.4 Å². The molecule has 2 heterocycles. The van der Waals surface area contributed by atoms with E-state index in [9.17, 15) is 0 Å². The number of nitrogens with zero attached hydrogens (tertiary/aromatic N) is 3. The van der Waals surface area contributed by atoms with E-state index in [4.69, 9.17) is 14.7 Å². The Kier molecular flexibility index (Phi) is 5.64. The van der Waals surface area contributed by atoms with E-state index in [1.54, 1.807) is 0 Å². The number of rotatable bonds is 6. The zero-order valence-corrected chi connectivity index (χ0v) is 14.5. The van der Waals surface area contributed by atoms with Crippen molar-refractivity contribution >= 4 is 11.8 Å². The van der Waals surface area contributed by atoms with Crippen LogP contribution in [0.15, 0.2) is 36.4 Å². The minimum atomic E-state index is 0.673. The fourth-order valence-electron chi connectivity index (χ4n) is 2.68. The summed E-state index contributed by atoms with van der Waals surface area (Å²) in [6.45, 7) is 8.52. The van der Waals surface area contributed by atoms with E-state index in [0.717, 1.165) is 62.3 Å². The maximum Gasteiger partial charge on any atom is 0.228 e. The third-order valence-electron chi connectivity index (χ3n) is 4.11. The van der Waals surface area contributed by atoms with Crippen LogP contribution in [-0.2, 0) is 4.74 Å². The van der Waals surface area contributed by atoms with Crippen molar-refractivity contribution in [2.45, 2.75) is 20.3 Å². The van der Waals surface area contributed by atoms with Crippen LogP contribution < -0.4 is 10.2 Å². The molecule has 1 N–H and O–H groups in total. The highest BCUT2D eigenvalue weighted by Gasteiger charge is 2.16. The lowest BCUT2D eigenvalue weighted by Crippen LogP contribution is -2.37. The van der Waals surface area contributed by atoms with Gasteiger partial charge in [0.25, 0.3) is 0 Å². The van der Waals surface area contributed by atoms with E-state index in [0.29, 0.717) is 5.92 Å².